The van der Waals surface area contributed by atoms with Crippen molar-refractivity contribution in [1.29, 1.82) is 0 Å². The molecule has 1 unspecified atom stereocenters. The summed E-state index contributed by atoms with van der Waals surface area (Å²) in [6.45, 7) is 3.90. The van der Waals surface area contributed by atoms with Gasteiger partial charge < -0.3 is 5.11 Å². The molecule has 0 spiro atoms. The van der Waals surface area contributed by atoms with Crippen LogP contribution in [0.15, 0.2) is 54.4 Å². The van der Waals surface area contributed by atoms with Crippen molar-refractivity contribution in [1.82, 2.24) is 15.2 Å². The second-order valence-corrected chi connectivity index (χ2v) is 8.03. The molecule has 152 valence electrons. The largest absolute Gasteiger partial charge is 0.507 e. The monoisotopic (exact) mass is 424 g/mol. The number of aromatic nitrogens is 3. The molecule has 2 aromatic heterocycles. The van der Waals surface area contributed by atoms with Gasteiger partial charge in [0.2, 0.25) is 5.13 Å². The van der Waals surface area contributed by atoms with Crippen LogP contribution in [-0.4, -0.2) is 32.0 Å². The van der Waals surface area contributed by atoms with E-state index < -0.39 is 29.3 Å². The van der Waals surface area contributed by atoms with Gasteiger partial charge >= 0.3 is 5.91 Å². The molecule has 1 N–H and O–H groups in total. The second kappa shape index (κ2) is 7.75. The van der Waals surface area contributed by atoms with E-state index in [4.69, 9.17) is 0 Å². The van der Waals surface area contributed by atoms with E-state index in [0.717, 1.165) is 5.01 Å². The Morgan fingerprint density at radius 1 is 1.17 bits per heavy atom. The van der Waals surface area contributed by atoms with E-state index in [0.29, 0.717) is 5.56 Å². The fourth-order valence-electron chi connectivity index (χ4n) is 3.20. The van der Waals surface area contributed by atoms with Crippen molar-refractivity contribution in [3.63, 3.8) is 0 Å². The van der Waals surface area contributed by atoms with Crippen molar-refractivity contribution in [2.45, 2.75) is 25.8 Å². The summed E-state index contributed by atoms with van der Waals surface area (Å²) in [6, 6.07) is 7.48. The van der Waals surface area contributed by atoms with E-state index in [2.05, 4.69) is 15.2 Å². The molecule has 1 aliphatic rings. The van der Waals surface area contributed by atoms with Crippen molar-refractivity contribution in [3.05, 3.63) is 76.3 Å². The maximum absolute atomic E-state index is 13.3. The fraction of sp³-hybridized carbons (Fsp3) is 0.190. The minimum absolute atomic E-state index is 0.101. The van der Waals surface area contributed by atoms with Crippen molar-refractivity contribution in [2.75, 3.05) is 4.90 Å². The molecule has 3 heterocycles. The molecule has 1 amide bonds. The Kier molecular flexibility index (Phi) is 5.13. The van der Waals surface area contributed by atoms with Crippen LogP contribution >= 0.6 is 11.3 Å². The molecule has 9 heteroatoms. The van der Waals surface area contributed by atoms with Crippen LogP contribution in [0.4, 0.5) is 9.52 Å². The topological polar surface area (TPSA) is 96.3 Å². The van der Waals surface area contributed by atoms with Crippen LogP contribution < -0.4 is 4.90 Å². The maximum atomic E-state index is 13.3. The average Bonchev–Trinajstić information content (AvgIpc) is 3.32. The van der Waals surface area contributed by atoms with Crippen LogP contribution in [0.5, 0.6) is 0 Å². The van der Waals surface area contributed by atoms with Gasteiger partial charge in [-0.05, 0) is 35.9 Å². The normalized spacial score (nSPS) is 18.4. The van der Waals surface area contributed by atoms with Crippen molar-refractivity contribution in [3.8, 4) is 0 Å². The van der Waals surface area contributed by atoms with Crippen LogP contribution in [0.3, 0.4) is 0 Å². The summed E-state index contributed by atoms with van der Waals surface area (Å²) < 4.78 is 13.3. The lowest BCUT2D eigenvalue weighted by atomic mass is 9.96. The minimum Gasteiger partial charge on any atom is -0.507 e. The number of rotatable bonds is 4. The highest BCUT2D eigenvalue weighted by Gasteiger charge is 2.48. The molecule has 0 bridgehead atoms. The summed E-state index contributed by atoms with van der Waals surface area (Å²) in [5.74, 6) is -2.45. The SMILES string of the molecule is CC(C)c1nnc(N2C(=O)C(=O)/C(=C(/O)c3ccc(F)cc3)C2c2cccnc2)s1. The number of pyridine rings is 1. The number of benzene rings is 1. The summed E-state index contributed by atoms with van der Waals surface area (Å²) in [5.41, 5.74) is 0.644. The molecule has 1 atom stereocenters. The highest BCUT2D eigenvalue weighted by Crippen LogP contribution is 2.43. The van der Waals surface area contributed by atoms with Crippen molar-refractivity contribution in [2.24, 2.45) is 0 Å². The molecule has 0 aliphatic carbocycles. The Bertz CT molecular complexity index is 1140. The summed E-state index contributed by atoms with van der Waals surface area (Å²) in [4.78, 5) is 31.2. The van der Waals surface area contributed by atoms with E-state index in [1.807, 2.05) is 13.8 Å². The molecule has 1 aromatic carbocycles. The van der Waals surface area contributed by atoms with Gasteiger partial charge in [-0.3, -0.25) is 19.5 Å². The number of anilines is 1. The van der Waals surface area contributed by atoms with Gasteiger partial charge in [0.05, 0.1) is 11.6 Å². The summed E-state index contributed by atoms with van der Waals surface area (Å²) >= 11 is 1.21. The molecule has 0 saturated carbocycles. The first-order valence-corrected chi connectivity index (χ1v) is 10.0. The zero-order valence-corrected chi connectivity index (χ0v) is 16.9. The highest BCUT2D eigenvalue weighted by molar-refractivity contribution is 7.15. The van der Waals surface area contributed by atoms with E-state index >= 15 is 0 Å². The number of hydrogen-bond donors (Lipinski definition) is 1. The summed E-state index contributed by atoms with van der Waals surface area (Å²) in [6.07, 6.45) is 3.09. The zero-order valence-electron chi connectivity index (χ0n) is 16.1. The van der Waals surface area contributed by atoms with Crippen LogP contribution in [0, 0.1) is 5.82 Å². The van der Waals surface area contributed by atoms with Crippen LogP contribution in [0.1, 0.15) is 41.9 Å². The third kappa shape index (κ3) is 3.37. The van der Waals surface area contributed by atoms with Crippen molar-refractivity contribution >= 4 is 33.9 Å². The Morgan fingerprint density at radius 3 is 2.50 bits per heavy atom. The Hall–Kier alpha value is -3.46. The third-order valence-corrected chi connectivity index (χ3v) is 5.92. The Morgan fingerprint density at radius 2 is 1.90 bits per heavy atom. The number of nitrogens with zero attached hydrogens (tertiary/aromatic N) is 4. The maximum Gasteiger partial charge on any atom is 0.301 e. The lowest BCUT2D eigenvalue weighted by molar-refractivity contribution is -0.132. The molecule has 0 radical (unpaired) electrons. The first-order valence-electron chi connectivity index (χ1n) is 9.18. The zero-order chi connectivity index (χ0) is 21.4. The van der Waals surface area contributed by atoms with E-state index in [-0.39, 0.29) is 22.2 Å². The predicted octanol–water partition coefficient (Wildman–Crippen LogP) is 3.82. The van der Waals surface area contributed by atoms with Gasteiger partial charge in [0.25, 0.3) is 5.78 Å². The van der Waals surface area contributed by atoms with Gasteiger partial charge in [0.1, 0.15) is 16.6 Å². The molecule has 1 saturated heterocycles. The van der Waals surface area contributed by atoms with Gasteiger partial charge in [-0.2, -0.15) is 0 Å². The minimum atomic E-state index is -0.934. The highest BCUT2D eigenvalue weighted by atomic mass is 32.1. The number of ketones is 1. The number of aliphatic hydroxyl groups excluding tert-OH is 1. The molecule has 7 nitrogen and oxygen atoms in total. The number of carbonyl (C=O) groups is 2. The van der Waals surface area contributed by atoms with Gasteiger partial charge in [-0.15, -0.1) is 10.2 Å². The summed E-state index contributed by atoms with van der Waals surface area (Å²) in [5, 5.41) is 20.1. The number of carbonyl (C=O) groups excluding carboxylic acids is 2. The first-order chi connectivity index (χ1) is 14.4. The average molecular weight is 424 g/mol. The number of halogens is 1. The number of Topliss-reactive ketones (excluding diaryl/α,β-unsaturated/α-hetero) is 1. The molecule has 1 aliphatic heterocycles. The smallest absolute Gasteiger partial charge is 0.301 e. The summed E-state index contributed by atoms with van der Waals surface area (Å²) in [7, 11) is 0. The molecular formula is C21H17FN4O3S. The van der Waals surface area contributed by atoms with Crippen LogP contribution in [-0.2, 0) is 9.59 Å². The second-order valence-electron chi connectivity index (χ2n) is 7.04. The van der Waals surface area contributed by atoms with Crippen LogP contribution in [0.2, 0.25) is 0 Å². The standard InChI is InChI=1S/C21H17FN4O3S/c1-11(2)19-24-25-21(30-19)26-16(13-4-3-9-23-10-13)15(18(28)20(26)29)17(27)12-5-7-14(22)8-6-12/h3-11,16,27H,1-2H3/b17-15+. The molecule has 1 fully saturated rings. The molecule has 30 heavy (non-hydrogen) atoms. The number of hydrogen-bond acceptors (Lipinski definition) is 7. The van der Waals surface area contributed by atoms with Gasteiger partial charge in [0, 0.05) is 23.9 Å². The molecular weight excluding hydrogens is 407 g/mol. The Balaban J connectivity index is 1.91. The van der Waals surface area contributed by atoms with E-state index in [9.17, 15) is 19.1 Å². The van der Waals surface area contributed by atoms with Crippen molar-refractivity contribution < 1.29 is 19.1 Å². The Labute approximate surface area is 175 Å². The fourth-order valence-corrected chi connectivity index (χ4v) is 4.08. The quantitative estimate of drug-likeness (QED) is 0.389. The van der Waals surface area contributed by atoms with E-state index in [1.165, 1.54) is 46.7 Å². The molecule has 3 aromatic rings. The number of aliphatic hydroxyl groups is 1. The third-order valence-electron chi connectivity index (χ3n) is 4.69. The predicted molar refractivity (Wildman–Crippen MR) is 109 cm³/mol. The van der Waals surface area contributed by atoms with Gasteiger partial charge in [-0.25, -0.2) is 4.39 Å². The molecule has 4 rings (SSSR count). The lowest BCUT2D eigenvalue weighted by Crippen LogP contribution is -2.29. The van der Waals surface area contributed by atoms with Gasteiger partial charge in [-0.1, -0.05) is 31.3 Å². The van der Waals surface area contributed by atoms with E-state index in [1.54, 1.807) is 18.3 Å². The van der Waals surface area contributed by atoms with Crippen LogP contribution in [0.25, 0.3) is 5.76 Å². The lowest BCUT2D eigenvalue weighted by Gasteiger charge is -2.22. The number of amides is 1. The van der Waals surface area contributed by atoms with Gasteiger partial charge in [0.15, 0.2) is 0 Å². The first kappa shape index (κ1) is 19.8.